The number of methoxy groups -OCH3 is 2. The Bertz CT molecular complexity index is 663. The lowest BCUT2D eigenvalue weighted by atomic mass is 10.1. The van der Waals surface area contributed by atoms with Gasteiger partial charge in [0.05, 0.1) is 18.7 Å². The number of carbonyl (C=O) groups is 1. The van der Waals surface area contributed by atoms with E-state index in [1.165, 1.54) is 6.08 Å². The van der Waals surface area contributed by atoms with Crippen molar-refractivity contribution < 1.29 is 14.3 Å². The molecule has 0 N–H and O–H groups in total. The Kier molecular flexibility index (Phi) is 5.17. The summed E-state index contributed by atoms with van der Waals surface area (Å²) in [5, 5.41) is 0. The van der Waals surface area contributed by atoms with Crippen molar-refractivity contribution in [3.63, 3.8) is 0 Å². The fraction of sp³-hybridized carbons (Fsp3) is 0.118. The fourth-order valence-corrected chi connectivity index (χ4v) is 2.40. The van der Waals surface area contributed by atoms with Crippen LogP contribution in [0.4, 0.5) is 0 Å². The molecule has 0 aliphatic carbocycles. The molecular weight excluding hydrogens is 332 g/mol. The summed E-state index contributed by atoms with van der Waals surface area (Å²) in [6.45, 7) is 0. The molecular formula is C17H15BrO3. The maximum Gasteiger partial charge on any atom is 0.185 e. The van der Waals surface area contributed by atoms with E-state index in [0.717, 1.165) is 10.0 Å². The van der Waals surface area contributed by atoms with Gasteiger partial charge in [-0.2, -0.15) is 0 Å². The number of allylic oxidation sites excluding steroid dienone is 1. The largest absolute Gasteiger partial charge is 0.496 e. The third-order valence-corrected chi connectivity index (χ3v) is 3.60. The number of ketones is 1. The van der Waals surface area contributed by atoms with Crippen molar-refractivity contribution in [1.82, 2.24) is 0 Å². The van der Waals surface area contributed by atoms with Crippen molar-refractivity contribution in [2.24, 2.45) is 0 Å². The highest BCUT2D eigenvalue weighted by molar-refractivity contribution is 9.10. The van der Waals surface area contributed by atoms with Crippen LogP contribution in [0.3, 0.4) is 0 Å². The zero-order valence-corrected chi connectivity index (χ0v) is 13.4. The second-order valence-electron chi connectivity index (χ2n) is 4.29. The predicted octanol–water partition coefficient (Wildman–Crippen LogP) is 4.36. The van der Waals surface area contributed by atoms with E-state index < -0.39 is 0 Å². The molecule has 0 saturated heterocycles. The van der Waals surface area contributed by atoms with Crippen LogP contribution in [0.5, 0.6) is 11.5 Å². The molecule has 0 heterocycles. The molecule has 108 valence electrons. The molecule has 0 saturated carbocycles. The van der Waals surface area contributed by atoms with Gasteiger partial charge in [-0.1, -0.05) is 30.3 Å². The molecule has 0 aliphatic heterocycles. The summed E-state index contributed by atoms with van der Waals surface area (Å²) in [5.41, 5.74) is 1.45. The van der Waals surface area contributed by atoms with Crippen molar-refractivity contribution in [1.29, 1.82) is 0 Å². The minimum Gasteiger partial charge on any atom is -0.496 e. The Morgan fingerprint density at radius 1 is 1.05 bits per heavy atom. The van der Waals surface area contributed by atoms with E-state index in [1.807, 2.05) is 24.3 Å². The number of benzene rings is 2. The SMILES string of the molecule is COc1cc(OC)c(C=CC(=O)c2ccccc2)cc1Br. The molecule has 21 heavy (non-hydrogen) atoms. The maximum atomic E-state index is 12.1. The van der Waals surface area contributed by atoms with E-state index in [-0.39, 0.29) is 5.78 Å². The van der Waals surface area contributed by atoms with E-state index in [0.29, 0.717) is 17.1 Å². The first kappa shape index (κ1) is 15.3. The Labute approximate surface area is 132 Å². The molecule has 0 atom stereocenters. The smallest absolute Gasteiger partial charge is 0.185 e. The Morgan fingerprint density at radius 3 is 2.33 bits per heavy atom. The second-order valence-corrected chi connectivity index (χ2v) is 5.15. The highest BCUT2D eigenvalue weighted by Gasteiger charge is 2.08. The lowest BCUT2D eigenvalue weighted by molar-refractivity contribution is 0.104. The molecule has 0 aliphatic rings. The maximum absolute atomic E-state index is 12.1. The van der Waals surface area contributed by atoms with Gasteiger partial charge in [-0.25, -0.2) is 0 Å². The zero-order valence-electron chi connectivity index (χ0n) is 11.8. The fourth-order valence-electron chi connectivity index (χ4n) is 1.88. The molecule has 0 fully saturated rings. The highest BCUT2D eigenvalue weighted by Crippen LogP contribution is 2.33. The Balaban J connectivity index is 2.28. The lowest BCUT2D eigenvalue weighted by Gasteiger charge is -2.09. The van der Waals surface area contributed by atoms with Crippen molar-refractivity contribution >= 4 is 27.8 Å². The molecule has 0 amide bonds. The van der Waals surface area contributed by atoms with E-state index in [4.69, 9.17) is 9.47 Å². The second kappa shape index (κ2) is 7.09. The van der Waals surface area contributed by atoms with Gasteiger partial charge in [0.15, 0.2) is 5.78 Å². The standard InChI is InChI=1S/C17H15BrO3/c1-20-16-11-17(21-2)14(18)10-13(16)8-9-15(19)12-6-4-3-5-7-12/h3-11H,1-2H3. The van der Waals surface area contributed by atoms with Gasteiger partial charge in [0.2, 0.25) is 0 Å². The van der Waals surface area contributed by atoms with E-state index in [1.54, 1.807) is 38.5 Å². The zero-order chi connectivity index (χ0) is 15.2. The summed E-state index contributed by atoms with van der Waals surface area (Å²) in [7, 11) is 3.17. The van der Waals surface area contributed by atoms with E-state index >= 15 is 0 Å². The monoisotopic (exact) mass is 346 g/mol. The third kappa shape index (κ3) is 3.73. The van der Waals surface area contributed by atoms with Gasteiger partial charge in [0.25, 0.3) is 0 Å². The molecule has 2 rings (SSSR count). The van der Waals surface area contributed by atoms with Crippen molar-refractivity contribution in [3.05, 3.63) is 64.1 Å². The average molecular weight is 347 g/mol. The summed E-state index contributed by atoms with van der Waals surface area (Å²) < 4.78 is 11.3. The molecule has 0 aromatic heterocycles. The quantitative estimate of drug-likeness (QED) is 0.595. The average Bonchev–Trinajstić information content (AvgIpc) is 2.53. The van der Waals surface area contributed by atoms with Crippen LogP contribution in [0.25, 0.3) is 6.08 Å². The van der Waals surface area contributed by atoms with Gasteiger partial charge in [0, 0.05) is 17.2 Å². The van der Waals surface area contributed by atoms with Crippen LogP contribution < -0.4 is 9.47 Å². The van der Waals surface area contributed by atoms with Crippen LogP contribution in [0, 0.1) is 0 Å². The van der Waals surface area contributed by atoms with Gasteiger partial charge in [-0.05, 0) is 34.1 Å². The molecule has 3 nitrogen and oxygen atoms in total. The highest BCUT2D eigenvalue weighted by atomic mass is 79.9. The van der Waals surface area contributed by atoms with Gasteiger partial charge in [-0.15, -0.1) is 0 Å². The Hall–Kier alpha value is -2.07. The van der Waals surface area contributed by atoms with Crippen molar-refractivity contribution in [2.75, 3.05) is 14.2 Å². The summed E-state index contributed by atoms with van der Waals surface area (Å²) in [4.78, 5) is 12.1. The molecule has 0 radical (unpaired) electrons. The normalized spacial score (nSPS) is 10.6. The molecule has 0 spiro atoms. The molecule has 0 bridgehead atoms. The van der Waals surface area contributed by atoms with Gasteiger partial charge < -0.3 is 9.47 Å². The summed E-state index contributed by atoms with van der Waals surface area (Å²) in [6.07, 6.45) is 3.27. The van der Waals surface area contributed by atoms with Gasteiger partial charge in [0.1, 0.15) is 11.5 Å². The first-order valence-corrected chi connectivity index (χ1v) is 7.14. The van der Waals surface area contributed by atoms with E-state index in [2.05, 4.69) is 15.9 Å². The number of carbonyl (C=O) groups excluding carboxylic acids is 1. The van der Waals surface area contributed by atoms with Crippen molar-refractivity contribution in [3.8, 4) is 11.5 Å². The Morgan fingerprint density at radius 2 is 1.71 bits per heavy atom. The number of ether oxygens (including phenoxy) is 2. The number of hydrogen-bond donors (Lipinski definition) is 0. The topological polar surface area (TPSA) is 35.5 Å². The minimum absolute atomic E-state index is 0.0513. The minimum atomic E-state index is -0.0513. The van der Waals surface area contributed by atoms with Crippen LogP contribution in [0.1, 0.15) is 15.9 Å². The van der Waals surface area contributed by atoms with Crippen LogP contribution in [-0.4, -0.2) is 20.0 Å². The third-order valence-electron chi connectivity index (χ3n) is 2.98. The molecule has 4 heteroatoms. The molecule has 2 aromatic rings. The lowest BCUT2D eigenvalue weighted by Crippen LogP contribution is -1.94. The van der Waals surface area contributed by atoms with Crippen LogP contribution in [-0.2, 0) is 0 Å². The first-order chi connectivity index (χ1) is 10.2. The molecule has 2 aromatic carbocycles. The van der Waals surface area contributed by atoms with Gasteiger partial charge >= 0.3 is 0 Å². The van der Waals surface area contributed by atoms with Crippen LogP contribution in [0.15, 0.2) is 53.0 Å². The van der Waals surface area contributed by atoms with Crippen LogP contribution in [0.2, 0.25) is 0 Å². The summed E-state index contributed by atoms with van der Waals surface area (Å²) >= 11 is 3.42. The van der Waals surface area contributed by atoms with Gasteiger partial charge in [-0.3, -0.25) is 4.79 Å². The summed E-state index contributed by atoms with van der Waals surface area (Å²) in [6, 6.07) is 12.8. The van der Waals surface area contributed by atoms with Crippen LogP contribution >= 0.6 is 15.9 Å². The van der Waals surface area contributed by atoms with Crippen molar-refractivity contribution in [2.45, 2.75) is 0 Å². The van der Waals surface area contributed by atoms with E-state index in [9.17, 15) is 4.79 Å². The first-order valence-electron chi connectivity index (χ1n) is 6.34. The number of rotatable bonds is 5. The number of halogens is 1. The number of hydrogen-bond acceptors (Lipinski definition) is 3. The molecule has 0 unspecified atom stereocenters. The predicted molar refractivity (Wildman–Crippen MR) is 87.1 cm³/mol. The summed E-state index contributed by atoms with van der Waals surface area (Å²) in [5.74, 6) is 1.27.